The highest BCUT2D eigenvalue weighted by molar-refractivity contribution is 5.90. The molecule has 4 nitrogen and oxygen atoms in total. The van der Waals surface area contributed by atoms with Crippen molar-refractivity contribution < 1.29 is 20.1 Å². The average molecular weight is 428 g/mol. The van der Waals surface area contributed by atoms with Gasteiger partial charge in [0.15, 0.2) is 11.5 Å². The second kappa shape index (κ2) is 13.5. The minimum absolute atomic E-state index is 0.0132. The van der Waals surface area contributed by atoms with Crippen LogP contribution in [0.3, 0.4) is 0 Å². The number of carbonyl (C=O) groups is 1. The molecule has 4 heteroatoms. The Morgan fingerprint density at radius 1 is 0.774 bits per heavy atom. The molecule has 0 fully saturated rings. The van der Waals surface area contributed by atoms with Gasteiger partial charge in [-0.2, -0.15) is 0 Å². The van der Waals surface area contributed by atoms with E-state index in [1.54, 1.807) is 0 Å². The summed E-state index contributed by atoms with van der Waals surface area (Å²) in [6, 6.07) is 2.52. The van der Waals surface area contributed by atoms with Gasteiger partial charge >= 0.3 is 5.97 Å². The molecule has 0 bridgehead atoms. The Morgan fingerprint density at radius 2 is 1.26 bits per heavy atom. The molecule has 0 atom stereocenters. The van der Waals surface area contributed by atoms with E-state index < -0.39 is 5.97 Å². The highest BCUT2D eigenvalue weighted by Gasteiger charge is 2.16. The van der Waals surface area contributed by atoms with E-state index in [9.17, 15) is 20.1 Å². The van der Waals surface area contributed by atoms with Crippen LogP contribution in [0, 0.1) is 0 Å². The van der Waals surface area contributed by atoms with E-state index in [2.05, 4.69) is 45.9 Å². The molecule has 0 saturated heterocycles. The van der Waals surface area contributed by atoms with Crippen molar-refractivity contribution >= 4 is 5.97 Å². The van der Waals surface area contributed by atoms with Crippen molar-refractivity contribution in [3.05, 3.63) is 69.9 Å². The molecule has 0 aliphatic rings. The monoisotopic (exact) mass is 427 g/mol. The lowest BCUT2D eigenvalue weighted by Gasteiger charge is -2.09. The molecule has 1 rings (SSSR count). The Morgan fingerprint density at radius 3 is 1.74 bits per heavy atom. The first-order valence-electron chi connectivity index (χ1n) is 11.0. The second-order valence-electron chi connectivity index (χ2n) is 8.52. The van der Waals surface area contributed by atoms with Gasteiger partial charge in [0.1, 0.15) is 0 Å². The fourth-order valence-electron chi connectivity index (χ4n) is 3.29. The van der Waals surface area contributed by atoms with Gasteiger partial charge in [0.25, 0.3) is 0 Å². The summed E-state index contributed by atoms with van der Waals surface area (Å²) in [6.07, 6.45) is 15.2. The summed E-state index contributed by atoms with van der Waals surface area (Å²) in [4.78, 5) is 11.4. The topological polar surface area (TPSA) is 77.8 Å². The average Bonchev–Trinajstić information content (AvgIpc) is 2.68. The second-order valence-corrected chi connectivity index (χ2v) is 8.52. The number of carboxylic acid groups (broad SMARTS) is 1. The Bertz CT molecular complexity index is 865. The zero-order valence-corrected chi connectivity index (χ0v) is 19.7. The van der Waals surface area contributed by atoms with Gasteiger partial charge in [-0.3, -0.25) is 0 Å². The highest BCUT2D eigenvalue weighted by atomic mass is 16.4. The third-order valence-electron chi connectivity index (χ3n) is 5.30. The molecule has 0 radical (unpaired) electrons. The third-order valence-corrected chi connectivity index (χ3v) is 5.30. The quantitative estimate of drug-likeness (QED) is 0.183. The van der Waals surface area contributed by atoms with E-state index in [0.29, 0.717) is 0 Å². The Balaban J connectivity index is 2.52. The standard InChI is InChI=1S/C27H38O4/c1-19(2)9-6-10-20(3)11-7-12-21(4)13-8-14-22(5)15-16-23-24(27(30)31)17-18-25(28)26(23)29/h9,11,13,15,17-18,28-29H,6-8,10,12,14,16H2,1-5H3,(H,30,31)/b20-11+,21-13+,22-15+/i16+1. The molecule has 1 aromatic carbocycles. The van der Waals surface area contributed by atoms with E-state index in [1.807, 2.05) is 13.0 Å². The largest absolute Gasteiger partial charge is 0.504 e. The van der Waals surface area contributed by atoms with Crippen molar-refractivity contribution in [3.8, 4) is 11.5 Å². The maximum Gasteiger partial charge on any atom is 0.336 e. The van der Waals surface area contributed by atoms with Crippen molar-refractivity contribution in [2.75, 3.05) is 0 Å². The van der Waals surface area contributed by atoms with Crippen LogP contribution >= 0.6 is 0 Å². The number of aromatic hydroxyl groups is 2. The molecule has 31 heavy (non-hydrogen) atoms. The first-order valence-corrected chi connectivity index (χ1v) is 11.0. The fourth-order valence-corrected chi connectivity index (χ4v) is 3.29. The molecule has 170 valence electrons. The van der Waals surface area contributed by atoms with Gasteiger partial charge in [0, 0.05) is 5.56 Å². The number of aromatic carboxylic acids is 1. The Hall–Kier alpha value is -2.75. The van der Waals surface area contributed by atoms with Crippen LogP contribution in [0.4, 0.5) is 0 Å². The fraction of sp³-hybridized carbons (Fsp3) is 0.444. The SMILES string of the molecule is CC(C)=CCC/C(C)=C/CC/C(C)=C/CC/C(C)=C/[13CH2]c1c(C(=O)O)ccc(O)c1O. The number of phenolic OH excluding ortho intramolecular Hbond substituents is 2. The molecule has 0 aromatic heterocycles. The van der Waals surface area contributed by atoms with Crippen LogP contribution in [0.1, 0.15) is 89.1 Å². The van der Waals surface area contributed by atoms with Gasteiger partial charge in [-0.25, -0.2) is 4.79 Å². The van der Waals surface area contributed by atoms with Crippen LogP contribution in [0.25, 0.3) is 0 Å². The van der Waals surface area contributed by atoms with Crippen LogP contribution in [0.2, 0.25) is 0 Å². The summed E-state index contributed by atoms with van der Waals surface area (Å²) in [6.45, 7) is 10.6. The van der Waals surface area contributed by atoms with Crippen molar-refractivity contribution in [3.63, 3.8) is 0 Å². The molecular weight excluding hydrogens is 389 g/mol. The van der Waals surface area contributed by atoms with Crippen LogP contribution in [0.15, 0.2) is 58.7 Å². The normalized spacial score (nSPS) is 12.7. The zero-order valence-electron chi connectivity index (χ0n) is 19.7. The van der Waals surface area contributed by atoms with Crippen molar-refractivity contribution in [1.29, 1.82) is 0 Å². The smallest absolute Gasteiger partial charge is 0.336 e. The number of hydrogen-bond acceptors (Lipinski definition) is 3. The molecular formula is C27H38O4. The lowest BCUT2D eigenvalue weighted by Crippen LogP contribution is -2.02. The number of rotatable bonds is 12. The number of phenols is 2. The van der Waals surface area contributed by atoms with Gasteiger partial charge in [-0.15, -0.1) is 0 Å². The van der Waals surface area contributed by atoms with Crippen molar-refractivity contribution in [1.82, 2.24) is 0 Å². The van der Waals surface area contributed by atoms with E-state index >= 15 is 0 Å². The highest BCUT2D eigenvalue weighted by Crippen LogP contribution is 2.32. The number of benzene rings is 1. The summed E-state index contributed by atoms with van der Waals surface area (Å²) in [5.41, 5.74) is 5.57. The van der Waals surface area contributed by atoms with Gasteiger partial charge in [-0.05, 0) is 91.7 Å². The third kappa shape index (κ3) is 10.2. The van der Waals surface area contributed by atoms with E-state index in [4.69, 9.17) is 0 Å². The first kappa shape index (κ1) is 26.3. The minimum atomic E-state index is -1.11. The summed E-state index contributed by atoms with van der Waals surface area (Å²) in [5.74, 6) is -1.77. The first-order chi connectivity index (χ1) is 14.6. The minimum Gasteiger partial charge on any atom is -0.504 e. The summed E-state index contributed by atoms with van der Waals surface area (Å²) in [7, 11) is 0. The van der Waals surface area contributed by atoms with E-state index in [1.165, 1.54) is 28.9 Å². The summed E-state index contributed by atoms with van der Waals surface area (Å²) in [5, 5.41) is 29.0. The van der Waals surface area contributed by atoms with Gasteiger partial charge < -0.3 is 15.3 Å². The molecule has 0 heterocycles. The maximum absolute atomic E-state index is 11.4. The molecule has 3 N–H and O–H groups in total. The predicted molar refractivity (Wildman–Crippen MR) is 129 cm³/mol. The zero-order chi connectivity index (χ0) is 23.4. The lowest BCUT2D eigenvalue weighted by molar-refractivity contribution is 0.0695. The van der Waals surface area contributed by atoms with E-state index in [-0.39, 0.29) is 29.0 Å². The molecule has 0 aliphatic carbocycles. The molecule has 0 amide bonds. The lowest BCUT2D eigenvalue weighted by atomic mass is 10.0. The number of hydrogen-bond donors (Lipinski definition) is 3. The van der Waals surface area contributed by atoms with E-state index in [0.717, 1.165) is 44.1 Å². The van der Waals surface area contributed by atoms with Crippen LogP contribution in [0.5, 0.6) is 11.5 Å². The molecule has 0 aliphatic heterocycles. The van der Waals surface area contributed by atoms with Crippen molar-refractivity contribution in [2.45, 2.75) is 79.6 Å². The molecule has 0 unspecified atom stereocenters. The maximum atomic E-state index is 11.4. The Kier molecular flexibility index (Phi) is 11.5. The number of carboxylic acids is 1. The van der Waals surface area contributed by atoms with Crippen LogP contribution < -0.4 is 0 Å². The molecule has 1 aromatic rings. The van der Waals surface area contributed by atoms with Crippen molar-refractivity contribution in [2.24, 2.45) is 0 Å². The van der Waals surface area contributed by atoms with Gasteiger partial charge in [0.05, 0.1) is 5.56 Å². The summed E-state index contributed by atoms with van der Waals surface area (Å²) < 4.78 is 0. The van der Waals surface area contributed by atoms with Gasteiger partial charge in [0.2, 0.25) is 0 Å². The number of allylic oxidation sites excluding steroid dienone is 8. The predicted octanol–water partition coefficient (Wildman–Crippen LogP) is 7.48. The molecule has 0 spiro atoms. The molecule has 0 saturated carbocycles. The van der Waals surface area contributed by atoms with Crippen LogP contribution in [-0.4, -0.2) is 21.3 Å². The summed E-state index contributed by atoms with van der Waals surface area (Å²) >= 11 is 0. The van der Waals surface area contributed by atoms with Crippen LogP contribution in [-0.2, 0) is 6.42 Å². The van der Waals surface area contributed by atoms with Gasteiger partial charge in [-0.1, -0.05) is 46.6 Å². The Labute approximate surface area is 187 Å².